The molecule has 1 aromatic carbocycles. The highest BCUT2D eigenvalue weighted by molar-refractivity contribution is 5.94. The number of piperidine rings is 1. The number of halogens is 1. The summed E-state index contributed by atoms with van der Waals surface area (Å²) in [5.41, 5.74) is 0.587. The molecule has 0 radical (unpaired) electrons. The minimum Gasteiger partial charge on any atom is -0.494 e. The molecule has 0 aliphatic carbocycles. The van der Waals surface area contributed by atoms with Gasteiger partial charge < -0.3 is 14.4 Å². The number of nitrogens with zero attached hydrogens (tertiary/aromatic N) is 2. The molecule has 1 aromatic heterocycles. The van der Waals surface area contributed by atoms with Crippen LogP contribution in [-0.4, -0.2) is 42.6 Å². The number of amides is 1. The molecule has 1 saturated heterocycles. The number of methoxy groups -OCH3 is 1. The summed E-state index contributed by atoms with van der Waals surface area (Å²) >= 11 is 0. The standard InChI is InChI=1S/C20H23FN2O3/c1-25-19-7-2-16(14-22-19)20(24)23-11-8-15(9-12-23)10-13-26-18-5-3-17(21)4-6-18/h2-7,14-15H,8-13H2,1H3. The van der Waals surface area contributed by atoms with Crippen molar-refractivity contribution in [3.8, 4) is 11.6 Å². The van der Waals surface area contributed by atoms with Crippen molar-refractivity contribution in [1.29, 1.82) is 0 Å². The van der Waals surface area contributed by atoms with Crippen molar-refractivity contribution in [3.63, 3.8) is 0 Å². The van der Waals surface area contributed by atoms with Gasteiger partial charge >= 0.3 is 0 Å². The summed E-state index contributed by atoms with van der Waals surface area (Å²) in [7, 11) is 1.55. The summed E-state index contributed by atoms with van der Waals surface area (Å²) < 4.78 is 23.5. The molecular weight excluding hydrogens is 335 g/mol. The minimum absolute atomic E-state index is 0.0150. The van der Waals surface area contributed by atoms with Gasteiger partial charge in [0.15, 0.2) is 0 Å². The number of pyridine rings is 1. The molecule has 2 aromatic rings. The summed E-state index contributed by atoms with van der Waals surface area (Å²) in [6.45, 7) is 2.09. The Kier molecular flexibility index (Phi) is 6.04. The van der Waals surface area contributed by atoms with E-state index in [1.807, 2.05) is 4.90 Å². The number of carbonyl (C=O) groups excluding carboxylic acids is 1. The Labute approximate surface area is 152 Å². The van der Waals surface area contributed by atoms with E-state index in [0.717, 1.165) is 32.4 Å². The highest BCUT2D eigenvalue weighted by Crippen LogP contribution is 2.23. The number of ether oxygens (including phenoxy) is 2. The molecule has 0 bridgehead atoms. The maximum Gasteiger partial charge on any atom is 0.255 e. The SMILES string of the molecule is COc1ccc(C(=O)N2CCC(CCOc3ccc(F)cc3)CC2)cn1. The van der Waals surface area contributed by atoms with E-state index in [1.54, 1.807) is 37.6 Å². The van der Waals surface area contributed by atoms with E-state index in [4.69, 9.17) is 9.47 Å². The lowest BCUT2D eigenvalue weighted by atomic mass is 9.93. The third-order valence-corrected chi connectivity index (χ3v) is 4.70. The van der Waals surface area contributed by atoms with Crippen LogP contribution in [0.5, 0.6) is 11.6 Å². The van der Waals surface area contributed by atoms with Crippen LogP contribution in [0, 0.1) is 11.7 Å². The summed E-state index contributed by atoms with van der Waals surface area (Å²) in [5, 5.41) is 0. The first-order chi connectivity index (χ1) is 12.7. The average Bonchev–Trinajstić information content (AvgIpc) is 2.69. The Bertz CT molecular complexity index is 711. The number of carbonyl (C=O) groups is 1. The predicted octanol–water partition coefficient (Wildman–Crippen LogP) is 3.55. The van der Waals surface area contributed by atoms with Crippen LogP contribution in [0.4, 0.5) is 4.39 Å². The van der Waals surface area contributed by atoms with Crippen LogP contribution in [0.25, 0.3) is 0 Å². The Balaban J connectivity index is 1.41. The van der Waals surface area contributed by atoms with Gasteiger partial charge in [0.1, 0.15) is 11.6 Å². The van der Waals surface area contributed by atoms with Gasteiger partial charge in [-0.15, -0.1) is 0 Å². The van der Waals surface area contributed by atoms with E-state index in [-0.39, 0.29) is 11.7 Å². The Morgan fingerprint density at radius 1 is 1.19 bits per heavy atom. The van der Waals surface area contributed by atoms with E-state index in [9.17, 15) is 9.18 Å². The monoisotopic (exact) mass is 358 g/mol. The first kappa shape index (κ1) is 18.2. The smallest absolute Gasteiger partial charge is 0.255 e. The second kappa shape index (κ2) is 8.65. The van der Waals surface area contributed by atoms with E-state index in [2.05, 4.69) is 4.98 Å². The van der Waals surface area contributed by atoms with E-state index >= 15 is 0 Å². The molecule has 0 atom stereocenters. The molecule has 0 saturated carbocycles. The predicted molar refractivity (Wildman–Crippen MR) is 95.9 cm³/mol. The Morgan fingerprint density at radius 3 is 2.54 bits per heavy atom. The number of aromatic nitrogens is 1. The van der Waals surface area contributed by atoms with Gasteiger partial charge in [-0.2, -0.15) is 0 Å². The molecule has 5 nitrogen and oxygen atoms in total. The van der Waals surface area contributed by atoms with Crippen LogP contribution in [0.3, 0.4) is 0 Å². The minimum atomic E-state index is -0.263. The quantitative estimate of drug-likeness (QED) is 0.792. The molecule has 1 aliphatic rings. The van der Waals surface area contributed by atoms with Crippen LogP contribution < -0.4 is 9.47 Å². The molecule has 0 spiro atoms. The van der Waals surface area contributed by atoms with Crippen molar-refractivity contribution in [2.75, 3.05) is 26.8 Å². The van der Waals surface area contributed by atoms with Gasteiger partial charge in [0.05, 0.1) is 19.3 Å². The van der Waals surface area contributed by atoms with Crippen LogP contribution in [0.15, 0.2) is 42.6 Å². The molecule has 6 heteroatoms. The van der Waals surface area contributed by atoms with Crippen molar-refractivity contribution in [2.24, 2.45) is 5.92 Å². The topological polar surface area (TPSA) is 51.7 Å². The third-order valence-electron chi connectivity index (χ3n) is 4.70. The first-order valence-electron chi connectivity index (χ1n) is 8.83. The Morgan fingerprint density at radius 2 is 1.92 bits per heavy atom. The number of hydrogen-bond donors (Lipinski definition) is 0. The molecule has 26 heavy (non-hydrogen) atoms. The van der Waals surface area contributed by atoms with Crippen molar-refractivity contribution in [3.05, 3.63) is 54.0 Å². The number of hydrogen-bond acceptors (Lipinski definition) is 4. The second-order valence-corrected chi connectivity index (χ2v) is 6.42. The molecule has 0 N–H and O–H groups in total. The van der Waals surface area contributed by atoms with Crippen LogP contribution in [0.1, 0.15) is 29.6 Å². The van der Waals surface area contributed by atoms with Gasteiger partial charge in [-0.1, -0.05) is 0 Å². The average molecular weight is 358 g/mol. The van der Waals surface area contributed by atoms with E-state index < -0.39 is 0 Å². The third kappa shape index (κ3) is 4.71. The molecule has 2 heterocycles. The molecule has 1 fully saturated rings. The van der Waals surface area contributed by atoms with Gasteiger partial charge in [-0.05, 0) is 55.5 Å². The summed E-state index contributed by atoms with van der Waals surface area (Å²) in [6.07, 6.45) is 4.41. The normalized spacial score (nSPS) is 14.9. The molecule has 1 aliphatic heterocycles. The van der Waals surface area contributed by atoms with Gasteiger partial charge in [0.25, 0.3) is 5.91 Å². The summed E-state index contributed by atoms with van der Waals surface area (Å²) in [4.78, 5) is 18.5. The number of benzene rings is 1. The molecular formula is C20H23FN2O3. The first-order valence-corrected chi connectivity index (χ1v) is 8.83. The molecule has 138 valence electrons. The zero-order valence-electron chi connectivity index (χ0n) is 14.9. The van der Waals surface area contributed by atoms with Gasteiger partial charge in [0, 0.05) is 25.4 Å². The lowest BCUT2D eigenvalue weighted by molar-refractivity contribution is 0.0679. The van der Waals surface area contributed by atoms with Crippen LogP contribution in [-0.2, 0) is 0 Å². The van der Waals surface area contributed by atoms with Crippen LogP contribution >= 0.6 is 0 Å². The fraction of sp³-hybridized carbons (Fsp3) is 0.400. The maximum absolute atomic E-state index is 12.9. The van der Waals surface area contributed by atoms with Gasteiger partial charge in [-0.3, -0.25) is 4.79 Å². The van der Waals surface area contributed by atoms with Crippen LogP contribution in [0.2, 0.25) is 0 Å². The second-order valence-electron chi connectivity index (χ2n) is 6.42. The number of likely N-dealkylation sites (tertiary alicyclic amines) is 1. The maximum atomic E-state index is 12.9. The van der Waals surface area contributed by atoms with Crippen molar-refractivity contribution in [2.45, 2.75) is 19.3 Å². The molecule has 0 unspecified atom stereocenters. The van der Waals surface area contributed by atoms with Gasteiger partial charge in [-0.25, -0.2) is 9.37 Å². The van der Waals surface area contributed by atoms with Crippen molar-refractivity contribution >= 4 is 5.91 Å². The summed E-state index contributed by atoms with van der Waals surface area (Å²) in [6, 6.07) is 9.52. The van der Waals surface area contributed by atoms with Crippen molar-refractivity contribution in [1.82, 2.24) is 9.88 Å². The highest BCUT2D eigenvalue weighted by atomic mass is 19.1. The van der Waals surface area contributed by atoms with E-state index in [0.29, 0.717) is 29.7 Å². The fourth-order valence-electron chi connectivity index (χ4n) is 3.11. The van der Waals surface area contributed by atoms with E-state index in [1.165, 1.54) is 12.1 Å². The lowest BCUT2D eigenvalue weighted by Crippen LogP contribution is -2.38. The fourth-order valence-corrected chi connectivity index (χ4v) is 3.11. The zero-order chi connectivity index (χ0) is 18.4. The van der Waals surface area contributed by atoms with Gasteiger partial charge in [0.2, 0.25) is 5.88 Å². The zero-order valence-corrected chi connectivity index (χ0v) is 14.9. The molecule has 1 amide bonds. The van der Waals surface area contributed by atoms with Crippen molar-refractivity contribution < 1.29 is 18.7 Å². The highest BCUT2D eigenvalue weighted by Gasteiger charge is 2.23. The summed E-state index contributed by atoms with van der Waals surface area (Å²) in [5.74, 6) is 1.48. The Hall–Kier alpha value is -2.63. The molecule has 3 rings (SSSR count). The largest absolute Gasteiger partial charge is 0.494 e. The number of rotatable bonds is 6. The lowest BCUT2D eigenvalue weighted by Gasteiger charge is -2.32.